The van der Waals surface area contributed by atoms with Crippen LogP contribution in [0.3, 0.4) is 0 Å². The van der Waals surface area contributed by atoms with E-state index in [9.17, 15) is 5.11 Å². The van der Waals surface area contributed by atoms with Gasteiger partial charge in [-0.1, -0.05) is 0 Å². The van der Waals surface area contributed by atoms with Crippen LogP contribution in [0.1, 0.15) is 30.8 Å². The van der Waals surface area contributed by atoms with Crippen LogP contribution in [0.15, 0.2) is 35.2 Å². The van der Waals surface area contributed by atoms with Crippen LogP contribution >= 0.6 is 0 Å². The second kappa shape index (κ2) is 5.64. The molecule has 2 atom stereocenters. The fourth-order valence-corrected chi connectivity index (χ4v) is 1.68. The number of aromatic nitrogens is 2. The van der Waals surface area contributed by atoms with Gasteiger partial charge in [0.1, 0.15) is 11.9 Å². The van der Waals surface area contributed by atoms with Crippen molar-refractivity contribution in [3.8, 4) is 0 Å². The van der Waals surface area contributed by atoms with Gasteiger partial charge in [0.2, 0.25) is 5.95 Å². The van der Waals surface area contributed by atoms with Crippen LogP contribution in [-0.4, -0.2) is 21.1 Å². The lowest BCUT2D eigenvalue weighted by molar-refractivity contribution is 0.136. The molecule has 0 aromatic carbocycles. The average molecular weight is 247 g/mol. The standard InChI is InChI=1S/C13H17N3O2/c1-9-7-14-13(15-8-9)16-10(2)6-11(17)12-4-3-5-18-12/h3-5,7-8,10-11,17H,6H2,1-2H3,(H,14,15,16). The van der Waals surface area contributed by atoms with E-state index in [0.717, 1.165) is 5.56 Å². The molecule has 5 heteroatoms. The maximum atomic E-state index is 9.93. The molecule has 0 aliphatic heterocycles. The quantitative estimate of drug-likeness (QED) is 0.848. The van der Waals surface area contributed by atoms with E-state index in [2.05, 4.69) is 15.3 Å². The summed E-state index contributed by atoms with van der Waals surface area (Å²) < 4.78 is 5.15. The molecule has 2 unspecified atom stereocenters. The maximum absolute atomic E-state index is 9.93. The van der Waals surface area contributed by atoms with E-state index in [-0.39, 0.29) is 6.04 Å². The predicted molar refractivity (Wildman–Crippen MR) is 68.1 cm³/mol. The number of rotatable bonds is 5. The zero-order valence-corrected chi connectivity index (χ0v) is 10.5. The highest BCUT2D eigenvalue weighted by atomic mass is 16.4. The van der Waals surface area contributed by atoms with E-state index in [1.54, 1.807) is 30.8 Å². The third kappa shape index (κ3) is 3.30. The summed E-state index contributed by atoms with van der Waals surface area (Å²) in [4.78, 5) is 8.32. The first kappa shape index (κ1) is 12.6. The lowest BCUT2D eigenvalue weighted by Crippen LogP contribution is -2.20. The van der Waals surface area contributed by atoms with Crippen molar-refractivity contribution in [1.29, 1.82) is 0 Å². The molecule has 0 amide bonds. The minimum atomic E-state index is -0.618. The molecule has 0 spiro atoms. The van der Waals surface area contributed by atoms with Crippen molar-refractivity contribution < 1.29 is 9.52 Å². The fraction of sp³-hybridized carbons (Fsp3) is 0.385. The maximum Gasteiger partial charge on any atom is 0.222 e. The third-order valence-corrected chi connectivity index (χ3v) is 2.60. The number of aryl methyl sites for hydroxylation is 1. The Labute approximate surface area is 106 Å². The van der Waals surface area contributed by atoms with Crippen molar-refractivity contribution >= 4 is 5.95 Å². The topological polar surface area (TPSA) is 71.2 Å². The van der Waals surface area contributed by atoms with Crippen LogP contribution in [0.2, 0.25) is 0 Å². The molecular formula is C13H17N3O2. The molecule has 0 aliphatic rings. The minimum Gasteiger partial charge on any atom is -0.467 e. The number of nitrogens with one attached hydrogen (secondary N) is 1. The van der Waals surface area contributed by atoms with Crippen molar-refractivity contribution in [3.05, 3.63) is 42.1 Å². The summed E-state index contributed by atoms with van der Waals surface area (Å²) in [5.74, 6) is 1.15. The summed E-state index contributed by atoms with van der Waals surface area (Å²) in [5, 5.41) is 13.1. The molecule has 0 fully saturated rings. The Morgan fingerprint density at radius 1 is 1.39 bits per heavy atom. The number of hydrogen-bond donors (Lipinski definition) is 2. The summed E-state index contributed by atoms with van der Waals surface area (Å²) in [7, 11) is 0. The summed E-state index contributed by atoms with van der Waals surface area (Å²) in [5.41, 5.74) is 1.02. The molecule has 2 N–H and O–H groups in total. The van der Waals surface area contributed by atoms with Gasteiger partial charge in [0.15, 0.2) is 0 Å². The number of nitrogens with zero attached hydrogens (tertiary/aromatic N) is 2. The summed E-state index contributed by atoms with van der Waals surface area (Å²) in [6.07, 6.45) is 4.98. The molecule has 96 valence electrons. The molecule has 0 saturated carbocycles. The minimum absolute atomic E-state index is 0.0489. The van der Waals surface area contributed by atoms with Crippen LogP contribution < -0.4 is 5.32 Å². The van der Waals surface area contributed by atoms with Gasteiger partial charge in [-0.25, -0.2) is 9.97 Å². The summed E-state index contributed by atoms with van der Waals surface area (Å²) in [6.45, 7) is 3.91. The predicted octanol–water partition coefficient (Wildman–Crippen LogP) is 2.30. The molecule has 0 saturated heterocycles. The third-order valence-electron chi connectivity index (χ3n) is 2.60. The molecule has 2 rings (SSSR count). The second-order valence-electron chi connectivity index (χ2n) is 4.40. The molecule has 0 bridgehead atoms. The van der Waals surface area contributed by atoms with Crippen molar-refractivity contribution in [1.82, 2.24) is 9.97 Å². The summed E-state index contributed by atoms with van der Waals surface area (Å²) in [6, 6.07) is 3.58. The largest absolute Gasteiger partial charge is 0.467 e. The van der Waals surface area contributed by atoms with Crippen LogP contribution in [0, 0.1) is 6.92 Å². The summed E-state index contributed by atoms with van der Waals surface area (Å²) >= 11 is 0. The number of hydrogen-bond acceptors (Lipinski definition) is 5. The first-order valence-corrected chi connectivity index (χ1v) is 5.92. The van der Waals surface area contributed by atoms with Crippen LogP contribution in [0.25, 0.3) is 0 Å². The number of aliphatic hydroxyl groups excluding tert-OH is 1. The molecule has 2 heterocycles. The van der Waals surface area contributed by atoms with Crippen LogP contribution in [0.5, 0.6) is 0 Å². The Hall–Kier alpha value is -1.88. The molecular weight excluding hydrogens is 230 g/mol. The fourth-order valence-electron chi connectivity index (χ4n) is 1.68. The van der Waals surface area contributed by atoms with Crippen molar-refractivity contribution in [2.24, 2.45) is 0 Å². The van der Waals surface area contributed by atoms with Crippen LogP contribution in [0.4, 0.5) is 5.95 Å². The highest BCUT2D eigenvalue weighted by molar-refractivity contribution is 5.25. The van der Waals surface area contributed by atoms with Crippen molar-refractivity contribution in [2.45, 2.75) is 32.4 Å². The molecule has 18 heavy (non-hydrogen) atoms. The Bertz CT molecular complexity index is 467. The average Bonchev–Trinajstić information content (AvgIpc) is 2.85. The Kier molecular flexibility index (Phi) is 3.94. The zero-order chi connectivity index (χ0) is 13.0. The molecule has 0 aliphatic carbocycles. The van der Waals surface area contributed by atoms with E-state index in [1.165, 1.54) is 0 Å². The van der Waals surface area contributed by atoms with Crippen molar-refractivity contribution in [3.63, 3.8) is 0 Å². The first-order valence-electron chi connectivity index (χ1n) is 5.92. The van der Waals surface area contributed by atoms with Crippen LogP contribution in [-0.2, 0) is 0 Å². The van der Waals surface area contributed by atoms with Gasteiger partial charge in [0, 0.05) is 24.9 Å². The molecule has 2 aromatic rings. The zero-order valence-electron chi connectivity index (χ0n) is 10.5. The number of furan rings is 1. The normalized spacial score (nSPS) is 14.2. The van der Waals surface area contributed by atoms with Gasteiger partial charge in [-0.2, -0.15) is 0 Å². The van der Waals surface area contributed by atoms with E-state index in [4.69, 9.17) is 4.42 Å². The van der Waals surface area contributed by atoms with Gasteiger partial charge in [-0.05, 0) is 31.5 Å². The van der Waals surface area contributed by atoms with Gasteiger partial charge < -0.3 is 14.8 Å². The van der Waals surface area contributed by atoms with E-state index in [1.807, 2.05) is 13.8 Å². The Balaban J connectivity index is 1.88. The molecule has 0 radical (unpaired) electrons. The van der Waals surface area contributed by atoms with Gasteiger partial charge in [-0.3, -0.25) is 0 Å². The van der Waals surface area contributed by atoms with E-state index < -0.39 is 6.10 Å². The van der Waals surface area contributed by atoms with Gasteiger partial charge in [0.25, 0.3) is 0 Å². The highest BCUT2D eigenvalue weighted by Crippen LogP contribution is 2.19. The highest BCUT2D eigenvalue weighted by Gasteiger charge is 2.15. The van der Waals surface area contributed by atoms with Gasteiger partial charge >= 0.3 is 0 Å². The van der Waals surface area contributed by atoms with E-state index >= 15 is 0 Å². The number of aliphatic hydroxyl groups is 1. The second-order valence-corrected chi connectivity index (χ2v) is 4.40. The first-order chi connectivity index (χ1) is 8.65. The van der Waals surface area contributed by atoms with Gasteiger partial charge in [0.05, 0.1) is 6.26 Å². The monoisotopic (exact) mass is 247 g/mol. The van der Waals surface area contributed by atoms with Crippen molar-refractivity contribution in [2.75, 3.05) is 5.32 Å². The Morgan fingerprint density at radius 3 is 2.72 bits per heavy atom. The smallest absolute Gasteiger partial charge is 0.222 e. The lowest BCUT2D eigenvalue weighted by atomic mass is 10.1. The Morgan fingerprint density at radius 2 is 2.11 bits per heavy atom. The molecule has 2 aromatic heterocycles. The van der Waals surface area contributed by atoms with Gasteiger partial charge in [-0.15, -0.1) is 0 Å². The SMILES string of the molecule is Cc1cnc(NC(C)CC(O)c2ccco2)nc1. The van der Waals surface area contributed by atoms with E-state index in [0.29, 0.717) is 18.1 Å². The lowest BCUT2D eigenvalue weighted by Gasteiger charge is -2.16. The molecule has 5 nitrogen and oxygen atoms in total. The number of anilines is 1.